The number of hydrogen-bond acceptors (Lipinski definition) is 4. The number of imide groups is 1. The third-order valence-electron chi connectivity index (χ3n) is 3.57. The number of amides is 2. The first-order valence-electron chi connectivity index (χ1n) is 6.57. The van der Waals surface area contributed by atoms with E-state index in [2.05, 4.69) is 5.32 Å². The molecule has 3 rings (SSSR count). The van der Waals surface area contributed by atoms with Crippen molar-refractivity contribution in [3.63, 3.8) is 0 Å². The van der Waals surface area contributed by atoms with Crippen molar-refractivity contribution in [3.05, 3.63) is 57.1 Å². The monoisotopic (exact) mass is 284 g/mol. The molecule has 6 heteroatoms. The van der Waals surface area contributed by atoms with Crippen LogP contribution in [0.5, 0.6) is 0 Å². The molecular formula is C15H12N2O4. The molecule has 2 amide bonds. The van der Waals surface area contributed by atoms with Gasteiger partial charge in [0.2, 0.25) is 11.8 Å². The minimum atomic E-state index is -0.925. The number of aromatic nitrogens is 1. The summed E-state index contributed by atoms with van der Waals surface area (Å²) >= 11 is 0. The Kier molecular flexibility index (Phi) is 3.13. The minimum absolute atomic E-state index is 0.116. The first-order chi connectivity index (χ1) is 10.1. The number of piperidine rings is 1. The van der Waals surface area contributed by atoms with E-state index in [9.17, 15) is 19.2 Å². The van der Waals surface area contributed by atoms with Gasteiger partial charge in [0.1, 0.15) is 6.04 Å². The van der Waals surface area contributed by atoms with Gasteiger partial charge >= 0.3 is 0 Å². The molecule has 21 heavy (non-hydrogen) atoms. The van der Waals surface area contributed by atoms with E-state index in [0.29, 0.717) is 0 Å². The number of nitrogens with zero attached hydrogens (tertiary/aromatic N) is 1. The van der Waals surface area contributed by atoms with Crippen molar-refractivity contribution in [1.82, 2.24) is 9.88 Å². The van der Waals surface area contributed by atoms with Gasteiger partial charge in [-0.15, -0.1) is 0 Å². The number of carbonyl (C=O) groups is 2. The lowest BCUT2D eigenvalue weighted by molar-refractivity contribution is -0.135. The van der Waals surface area contributed by atoms with E-state index in [-0.39, 0.29) is 29.9 Å². The highest BCUT2D eigenvalue weighted by molar-refractivity contribution is 5.99. The molecule has 1 atom stereocenters. The standard InChI is InChI=1S/C15H12N2O4/c18-12-8-7-11(13(19)16-12)17-14(20)9-5-3-1-2-4-6-10(9)15(17)21/h1-6,11H,7-8H2,(H,16,18,19). The summed E-state index contributed by atoms with van der Waals surface area (Å²) < 4.78 is 0.951. The molecule has 1 unspecified atom stereocenters. The van der Waals surface area contributed by atoms with Gasteiger partial charge in [-0.1, -0.05) is 24.3 Å². The smallest absolute Gasteiger partial charge is 0.262 e. The van der Waals surface area contributed by atoms with E-state index < -0.39 is 23.1 Å². The van der Waals surface area contributed by atoms with Crippen molar-refractivity contribution in [2.75, 3.05) is 0 Å². The van der Waals surface area contributed by atoms with Crippen LogP contribution < -0.4 is 16.4 Å². The fourth-order valence-electron chi connectivity index (χ4n) is 2.55. The van der Waals surface area contributed by atoms with Crippen LogP contribution in [0.2, 0.25) is 0 Å². The topological polar surface area (TPSA) is 85.2 Å². The Labute approximate surface area is 119 Å². The molecule has 0 radical (unpaired) electrons. The van der Waals surface area contributed by atoms with Crippen molar-refractivity contribution >= 4 is 11.8 Å². The van der Waals surface area contributed by atoms with Crippen LogP contribution in [-0.2, 0) is 9.59 Å². The van der Waals surface area contributed by atoms with Crippen molar-refractivity contribution in [1.29, 1.82) is 0 Å². The molecule has 1 N–H and O–H groups in total. The van der Waals surface area contributed by atoms with Crippen LogP contribution in [-0.4, -0.2) is 16.4 Å². The lowest BCUT2D eigenvalue weighted by atomic mass is 10.1. The van der Waals surface area contributed by atoms with E-state index in [1.165, 1.54) is 0 Å². The number of fused-ring (bicyclic) bond motifs is 1. The third-order valence-corrected chi connectivity index (χ3v) is 3.57. The summed E-state index contributed by atoms with van der Waals surface area (Å²) in [5.74, 6) is -0.986. The maximum Gasteiger partial charge on any atom is 0.262 e. The summed E-state index contributed by atoms with van der Waals surface area (Å²) in [4.78, 5) is 47.9. The quantitative estimate of drug-likeness (QED) is 0.763. The Balaban J connectivity index is 2.23. The lowest BCUT2D eigenvalue weighted by Gasteiger charge is -2.20. The van der Waals surface area contributed by atoms with Crippen molar-refractivity contribution < 1.29 is 9.59 Å². The molecule has 1 aliphatic carbocycles. The van der Waals surface area contributed by atoms with Crippen molar-refractivity contribution in [2.45, 2.75) is 18.9 Å². The van der Waals surface area contributed by atoms with E-state index in [1.54, 1.807) is 36.4 Å². The minimum Gasteiger partial charge on any atom is -0.295 e. The van der Waals surface area contributed by atoms with Crippen LogP contribution >= 0.6 is 0 Å². The maximum atomic E-state index is 12.4. The summed E-state index contributed by atoms with van der Waals surface area (Å²) in [6.07, 6.45) is 0.278. The van der Waals surface area contributed by atoms with E-state index in [0.717, 1.165) is 4.57 Å². The largest absolute Gasteiger partial charge is 0.295 e. The lowest BCUT2D eigenvalue weighted by Crippen LogP contribution is -2.46. The highest BCUT2D eigenvalue weighted by atomic mass is 16.2. The molecule has 2 aliphatic heterocycles. The second-order valence-corrected chi connectivity index (χ2v) is 4.88. The molecule has 106 valence electrons. The van der Waals surface area contributed by atoms with Gasteiger partial charge in [0.15, 0.2) is 0 Å². The summed E-state index contributed by atoms with van der Waals surface area (Å²) in [6, 6.07) is 9.00. The summed E-state index contributed by atoms with van der Waals surface area (Å²) in [5.41, 5.74) is -0.461. The number of rotatable bonds is 1. The predicted molar refractivity (Wildman–Crippen MR) is 75.0 cm³/mol. The Hall–Kier alpha value is -2.76. The third kappa shape index (κ3) is 2.14. The zero-order valence-electron chi connectivity index (χ0n) is 11.0. The first kappa shape index (κ1) is 13.2. The average Bonchev–Trinajstić information content (AvgIpc) is 2.61. The molecule has 0 saturated carbocycles. The highest BCUT2D eigenvalue weighted by Gasteiger charge is 2.32. The Morgan fingerprint density at radius 1 is 0.905 bits per heavy atom. The normalized spacial score (nSPS) is 18.6. The molecule has 6 nitrogen and oxygen atoms in total. The van der Waals surface area contributed by atoms with Crippen LogP contribution in [0.1, 0.15) is 18.9 Å². The molecule has 3 aliphatic rings. The van der Waals surface area contributed by atoms with Crippen LogP contribution in [0.4, 0.5) is 0 Å². The molecular weight excluding hydrogens is 272 g/mol. The first-order valence-corrected chi connectivity index (χ1v) is 6.57. The van der Waals surface area contributed by atoms with Crippen LogP contribution in [0.3, 0.4) is 0 Å². The molecule has 1 fully saturated rings. The zero-order valence-corrected chi connectivity index (χ0v) is 11.0. The van der Waals surface area contributed by atoms with E-state index in [4.69, 9.17) is 0 Å². The maximum absolute atomic E-state index is 12.4. The molecule has 2 heterocycles. The van der Waals surface area contributed by atoms with Gasteiger partial charge in [0.25, 0.3) is 11.1 Å². The summed E-state index contributed by atoms with van der Waals surface area (Å²) in [7, 11) is 0. The summed E-state index contributed by atoms with van der Waals surface area (Å²) in [5, 5.41) is 2.16. The number of carbonyl (C=O) groups excluding carboxylic acids is 2. The fourth-order valence-corrected chi connectivity index (χ4v) is 2.55. The van der Waals surface area contributed by atoms with Gasteiger partial charge in [0.05, 0.1) is 11.1 Å². The Morgan fingerprint density at radius 3 is 2.00 bits per heavy atom. The number of nitrogens with one attached hydrogen (secondary N) is 1. The van der Waals surface area contributed by atoms with E-state index >= 15 is 0 Å². The SMILES string of the molecule is O=C1CCC(n2c(=O)c3ccccccc-3c2=O)C(=O)N1. The molecule has 0 spiro atoms. The zero-order chi connectivity index (χ0) is 15.0. The van der Waals surface area contributed by atoms with Crippen LogP contribution in [0.15, 0.2) is 46.0 Å². The molecule has 0 aromatic heterocycles. The van der Waals surface area contributed by atoms with Gasteiger partial charge in [0, 0.05) is 6.42 Å². The van der Waals surface area contributed by atoms with Crippen LogP contribution in [0.25, 0.3) is 11.1 Å². The summed E-state index contributed by atoms with van der Waals surface area (Å²) in [6.45, 7) is 0. The highest BCUT2D eigenvalue weighted by Crippen LogP contribution is 2.19. The fraction of sp³-hybridized carbons (Fsp3) is 0.200. The van der Waals surface area contributed by atoms with Gasteiger partial charge in [-0.05, 0) is 18.6 Å². The van der Waals surface area contributed by atoms with Gasteiger partial charge in [-0.2, -0.15) is 0 Å². The van der Waals surface area contributed by atoms with Crippen molar-refractivity contribution in [2.24, 2.45) is 0 Å². The van der Waals surface area contributed by atoms with Gasteiger partial charge < -0.3 is 0 Å². The second-order valence-electron chi connectivity index (χ2n) is 4.88. The Morgan fingerprint density at radius 2 is 1.48 bits per heavy atom. The second kappa shape index (κ2) is 4.97. The Bertz CT molecular complexity index is 775. The molecule has 0 aromatic rings. The van der Waals surface area contributed by atoms with Gasteiger partial charge in [-0.25, -0.2) is 0 Å². The van der Waals surface area contributed by atoms with Gasteiger partial charge in [-0.3, -0.25) is 29.1 Å². The molecule has 0 bridgehead atoms. The average molecular weight is 284 g/mol. The van der Waals surface area contributed by atoms with Crippen LogP contribution in [0, 0.1) is 0 Å². The predicted octanol–water partition coefficient (Wildman–Crippen LogP) is 0.291. The molecule has 1 saturated heterocycles. The number of hydrogen-bond donors (Lipinski definition) is 1. The van der Waals surface area contributed by atoms with Crippen molar-refractivity contribution in [3.8, 4) is 11.1 Å². The molecule has 0 aromatic carbocycles. The van der Waals surface area contributed by atoms with E-state index in [1.807, 2.05) is 0 Å².